The number of methoxy groups -OCH3 is 1. The highest BCUT2D eigenvalue weighted by molar-refractivity contribution is 7.90. The van der Waals surface area contributed by atoms with Crippen LogP contribution in [0, 0.1) is 0 Å². The maximum Gasteiger partial charge on any atom is 0.172 e. The number of rotatable bonds is 3. The van der Waals surface area contributed by atoms with Crippen LogP contribution in [0.1, 0.15) is 65.5 Å². The Bertz CT molecular complexity index is 680. The van der Waals surface area contributed by atoms with Gasteiger partial charge in [-0.1, -0.05) is 47.6 Å². The van der Waals surface area contributed by atoms with Crippen LogP contribution >= 0.6 is 0 Å². The second-order valence-corrected chi connectivity index (χ2v) is 9.80. The molecule has 0 aliphatic heterocycles. The Hall–Kier alpha value is -1.42. The molecule has 0 fully saturated rings. The molecule has 0 unspecified atom stereocenters. The molecule has 0 spiro atoms. The highest BCUT2D eigenvalue weighted by Crippen LogP contribution is 2.41. The summed E-state index contributed by atoms with van der Waals surface area (Å²) in [6.45, 7) is 12.7. The van der Waals surface area contributed by atoms with Crippen molar-refractivity contribution in [2.75, 3.05) is 7.11 Å². The third-order valence-corrected chi connectivity index (χ3v) is 5.73. The molecule has 4 heteroatoms. The van der Waals surface area contributed by atoms with Gasteiger partial charge in [-0.15, -0.1) is 0 Å². The Morgan fingerprint density at radius 3 is 1.83 bits per heavy atom. The Balaban J connectivity index is 2.70. The molecular weight excluding hydrogens is 320 g/mol. The highest BCUT2D eigenvalue weighted by Gasteiger charge is 2.30. The lowest BCUT2D eigenvalue weighted by Crippen LogP contribution is -2.20. The molecular formula is C20H28O3S. The largest absolute Gasteiger partial charge is 0.496 e. The van der Waals surface area contributed by atoms with Crippen molar-refractivity contribution >= 4 is 16.6 Å². The van der Waals surface area contributed by atoms with E-state index in [1.165, 1.54) is 0 Å². The summed E-state index contributed by atoms with van der Waals surface area (Å²) in [5.74, 6) is 0.848. The first kappa shape index (κ1) is 18.9. The van der Waals surface area contributed by atoms with Crippen LogP contribution < -0.4 is 4.74 Å². The van der Waals surface area contributed by atoms with Gasteiger partial charge in [0.2, 0.25) is 0 Å². The molecule has 1 aromatic carbocycles. The summed E-state index contributed by atoms with van der Waals surface area (Å²) < 4.78 is 18.7. The van der Waals surface area contributed by atoms with Crippen LogP contribution in [-0.2, 0) is 26.4 Å². The molecule has 2 rings (SSSR count). The Kier molecular flexibility index (Phi) is 5.10. The molecule has 0 bridgehead atoms. The first-order valence-corrected chi connectivity index (χ1v) is 9.50. The van der Waals surface area contributed by atoms with Crippen LogP contribution in [0.15, 0.2) is 28.0 Å². The molecule has 1 aliphatic rings. The van der Waals surface area contributed by atoms with Crippen LogP contribution in [-0.4, -0.2) is 17.1 Å². The number of allylic oxidation sites excluding steroid dienone is 2. The maximum absolute atomic E-state index is 13.0. The van der Waals surface area contributed by atoms with E-state index in [9.17, 15) is 9.00 Å². The molecule has 1 aliphatic carbocycles. The first-order chi connectivity index (χ1) is 11.0. The molecule has 0 amide bonds. The van der Waals surface area contributed by atoms with Crippen molar-refractivity contribution < 1.29 is 13.7 Å². The van der Waals surface area contributed by atoms with E-state index < -0.39 is 10.8 Å². The van der Waals surface area contributed by atoms with Crippen molar-refractivity contribution in [1.82, 2.24) is 0 Å². The van der Waals surface area contributed by atoms with Gasteiger partial charge in [-0.2, -0.15) is 0 Å². The molecule has 0 N–H and O–H groups in total. The molecule has 0 saturated heterocycles. The van der Waals surface area contributed by atoms with E-state index >= 15 is 0 Å². The van der Waals surface area contributed by atoms with E-state index in [1.807, 2.05) is 18.2 Å². The van der Waals surface area contributed by atoms with Crippen molar-refractivity contribution in [3.63, 3.8) is 0 Å². The van der Waals surface area contributed by atoms with Crippen LogP contribution in [0.4, 0.5) is 0 Å². The monoisotopic (exact) mass is 348 g/mol. The molecule has 0 heterocycles. The fraction of sp³-hybridized carbons (Fsp3) is 0.550. The Morgan fingerprint density at radius 2 is 1.50 bits per heavy atom. The lowest BCUT2D eigenvalue weighted by atomic mass is 9.79. The number of ether oxygens (including phenoxy) is 1. The van der Waals surface area contributed by atoms with Crippen molar-refractivity contribution in [2.24, 2.45) is 0 Å². The second-order valence-electron chi connectivity index (χ2n) is 8.35. The molecule has 0 saturated carbocycles. The topological polar surface area (TPSA) is 43.4 Å². The molecule has 0 aromatic heterocycles. The normalized spacial score (nSPS) is 17.0. The van der Waals surface area contributed by atoms with Gasteiger partial charge in [0.25, 0.3) is 0 Å². The quantitative estimate of drug-likeness (QED) is 0.799. The van der Waals surface area contributed by atoms with Gasteiger partial charge in [0, 0.05) is 22.4 Å². The Morgan fingerprint density at radius 1 is 1.00 bits per heavy atom. The van der Waals surface area contributed by atoms with Crippen LogP contribution in [0.25, 0.3) is 0 Å². The zero-order chi connectivity index (χ0) is 18.3. The first-order valence-electron chi connectivity index (χ1n) is 8.35. The van der Waals surface area contributed by atoms with Gasteiger partial charge in [0.1, 0.15) is 5.75 Å². The molecule has 132 valence electrons. The average Bonchev–Trinajstić information content (AvgIpc) is 2.89. The van der Waals surface area contributed by atoms with Gasteiger partial charge in [0.05, 0.1) is 22.8 Å². The molecule has 3 nitrogen and oxygen atoms in total. The van der Waals surface area contributed by atoms with E-state index in [-0.39, 0.29) is 16.6 Å². The van der Waals surface area contributed by atoms with E-state index in [4.69, 9.17) is 4.74 Å². The minimum absolute atomic E-state index is 0.00114. The zero-order valence-electron chi connectivity index (χ0n) is 15.8. The minimum atomic E-state index is -1.43. The van der Waals surface area contributed by atoms with Crippen LogP contribution in [0.5, 0.6) is 5.75 Å². The molecule has 24 heavy (non-hydrogen) atoms. The molecule has 0 radical (unpaired) electrons. The van der Waals surface area contributed by atoms with Gasteiger partial charge >= 0.3 is 0 Å². The van der Waals surface area contributed by atoms with Crippen molar-refractivity contribution in [3.05, 3.63) is 34.2 Å². The highest BCUT2D eigenvalue weighted by atomic mass is 32.2. The summed E-state index contributed by atoms with van der Waals surface area (Å²) in [6.07, 6.45) is 2.97. The second kappa shape index (κ2) is 6.47. The molecule has 1 atom stereocenters. The van der Waals surface area contributed by atoms with E-state index in [0.29, 0.717) is 22.6 Å². The van der Waals surface area contributed by atoms with Gasteiger partial charge in [0.15, 0.2) is 5.78 Å². The predicted octanol–water partition coefficient (Wildman–Crippen LogP) is 4.64. The number of hydrogen-bond donors (Lipinski definition) is 0. The lowest BCUT2D eigenvalue weighted by Gasteiger charge is -2.29. The average molecular weight is 349 g/mol. The fourth-order valence-corrected chi connectivity index (χ4v) is 4.20. The summed E-state index contributed by atoms with van der Waals surface area (Å²) in [4.78, 5) is 13.1. The van der Waals surface area contributed by atoms with Crippen molar-refractivity contribution in [3.8, 4) is 5.75 Å². The lowest BCUT2D eigenvalue weighted by molar-refractivity contribution is -0.114. The van der Waals surface area contributed by atoms with E-state index in [1.54, 1.807) is 7.11 Å². The van der Waals surface area contributed by atoms with E-state index in [2.05, 4.69) is 41.5 Å². The van der Waals surface area contributed by atoms with Gasteiger partial charge in [-0.3, -0.25) is 4.79 Å². The zero-order valence-corrected chi connectivity index (χ0v) is 16.6. The predicted molar refractivity (Wildman–Crippen MR) is 99.1 cm³/mol. The number of hydrogen-bond acceptors (Lipinski definition) is 3. The number of carbonyl (C=O) groups is 1. The van der Waals surface area contributed by atoms with Gasteiger partial charge in [-0.05, 0) is 29.4 Å². The fourth-order valence-electron chi connectivity index (χ4n) is 2.92. The Labute approximate surface area is 147 Å². The number of benzene rings is 1. The van der Waals surface area contributed by atoms with Crippen molar-refractivity contribution in [2.45, 2.75) is 70.1 Å². The standard InChI is InChI=1S/C20H28O3S/c1-19(2,3)14-11-13(24(22)17-10-8-9-16(17)21)12-15(18(14)23-7)20(4,5)6/h10-12H,8-9H2,1-7H3/t24-/m1/s1. The maximum atomic E-state index is 13.0. The summed E-state index contributed by atoms with van der Waals surface area (Å²) >= 11 is 0. The van der Waals surface area contributed by atoms with Gasteiger partial charge < -0.3 is 4.74 Å². The summed E-state index contributed by atoms with van der Waals surface area (Å²) in [5.41, 5.74) is 1.73. The SMILES string of the molecule is COc1c(C(C)(C)C)cc([S@@](=O)C2=CCCC2=O)cc1C(C)(C)C. The van der Waals surface area contributed by atoms with Gasteiger partial charge in [-0.25, -0.2) is 4.21 Å². The van der Waals surface area contributed by atoms with E-state index in [0.717, 1.165) is 16.9 Å². The minimum Gasteiger partial charge on any atom is -0.496 e. The number of Topliss-reactive ketones (excluding diaryl/α,β-unsaturated/α-hetero) is 1. The molecule has 1 aromatic rings. The summed E-state index contributed by atoms with van der Waals surface area (Å²) in [6, 6.07) is 3.88. The smallest absolute Gasteiger partial charge is 0.172 e. The third kappa shape index (κ3) is 3.64. The van der Waals surface area contributed by atoms with Crippen LogP contribution in [0.2, 0.25) is 0 Å². The number of ketones is 1. The third-order valence-electron chi connectivity index (χ3n) is 4.27. The summed E-state index contributed by atoms with van der Waals surface area (Å²) in [5, 5.41) is 0. The van der Waals surface area contributed by atoms with Crippen LogP contribution in [0.3, 0.4) is 0 Å². The number of carbonyl (C=O) groups excluding carboxylic acids is 1. The van der Waals surface area contributed by atoms with Crippen molar-refractivity contribution in [1.29, 1.82) is 0 Å². The summed E-state index contributed by atoms with van der Waals surface area (Å²) in [7, 11) is 0.247.